The molecule has 26 heavy (non-hydrogen) atoms. The van der Waals surface area contributed by atoms with E-state index in [-0.39, 0.29) is 19.1 Å². The Kier molecular flexibility index (Phi) is 5.36. The van der Waals surface area contributed by atoms with Gasteiger partial charge in [0.1, 0.15) is 5.75 Å². The predicted octanol–water partition coefficient (Wildman–Crippen LogP) is 3.48. The molecule has 3 rings (SSSR count). The summed E-state index contributed by atoms with van der Waals surface area (Å²) in [5.41, 5.74) is 1.57. The normalized spacial score (nSPS) is 12.6. The van der Waals surface area contributed by atoms with E-state index in [0.29, 0.717) is 28.7 Å². The third-order valence-electron chi connectivity index (χ3n) is 3.48. The van der Waals surface area contributed by atoms with Crippen molar-refractivity contribution in [2.75, 3.05) is 6.79 Å². The lowest BCUT2D eigenvalue weighted by Gasteiger charge is -2.12. The van der Waals surface area contributed by atoms with Gasteiger partial charge in [0, 0.05) is 13.1 Å². The lowest BCUT2D eigenvalue weighted by Crippen LogP contribution is -2.34. The summed E-state index contributed by atoms with van der Waals surface area (Å²) < 4.78 is 51.2. The largest absolute Gasteiger partial charge is 0.573 e. The number of thiocarbonyl (C=S) groups is 1. The Hall–Kier alpha value is -2.68. The number of hydrogen-bond donors (Lipinski definition) is 2. The van der Waals surface area contributed by atoms with Crippen LogP contribution in [0.5, 0.6) is 17.2 Å². The number of rotatable bonds is 5. The van der Waals surface area contributed by atoms with Crippen molar-refractivity contribution in [2.24, 2.45) is 0 Å². The Morgan fingerprint density at radius 2 is 1.69 bits per heavy atom. The summed E-state index contributed by atoms with van der Waals surface area (Å²) in [6.45, 7) is 0.949. The highest BCUT2D eigenvalue weighted by atomic mass is 32.1. The average Bonchev–Trinajstić information content (AvgIpc) is 3.04. The van der Waals surface area contributed by atoms with Gasteiger partial charge in [0.2, 0.25) is 6.79 Å². The van der Waals surface area contributed by atoms with Crippen molar-refractivity contribution in [3.8, 4) is 17.2 Å². The fraction of sp³-hybridized carbons (Fsp3) is 0.235. The van der Waals surface area contributed by atoms with E-state index in [4.69, 9.17) is 21.7 Å². The van der Waals surface area contributed by atoms with Gasteiger partial charge in [0.25, 0.3) is 0 Å². The number of fused-ring (bicyclic) bond motifs is 1. The molecule has 0 saturated carbocycles. The van der Waals surface area contributed by atoms with Crippen molar-refractivity contribution >= 4 is 17.3 Å². The first kappa shape index (κ1) is 18.1. The lowest BCUT2D eigenvalue weighted by molar-refractivity contribution is -0.274. The smallest absolute Gasteiger partial charge is 0.454 e. The molecular weight excluding hydrogens is 369 g/mol. The summed E-state index contributed by atoms with van der Waals surface area (Å²) in [6.07, 6.45) is -4.71. The first-order valence-electron chi connectivity index (χ1n) is 7.64. The van der Waals surface area contributed by atoms with Gasteiger partial charge in [-0.25, -0.2) is 0 Å². The van der Waals surface area contributed by atoms with Gasteiger partial charge in [0.15, 0.2) is 16.6 Å². The molecule has 0 fully saturated rings. The van der Waals surface area contributed by atoms with Gasteiger partial charge in [-0.1, -0.05) is 18.2 Å². The minimum atomic E-state index is -4.71. The van der Waals surface area contributed by atoms with Crippen molar-refractivity contribution < 1.29 is 27.4 Å². The minimum absolute atomic E-state index is 0.212. The maximum atomic E-state index is 12.2. The van der Waals surface area contributed by atoms with Gasteiger partial charge in [0.05, 0.1) is 0 Å². The Morgan fingerprint density at radius 1 is 1.00 bits per heavy atom. The fourth-order valence-electron chi connectivity index (χ4n) is 2.33. The Morgan fingerprint density at radius 3 is 2.42 bits per heavy atom. The molecule has 0 atom stereocenters. The summed E-state index contributed by atoms with van der Waals surface area (Å²) in [5, 5.41) is 6.34. The van der Waals surface area contributed by atoms with E-state index in [2.05, 4.69) is 15.4 Å². The highest BCUT2D eigenvalue weighted by molar-refractivity contribution is 7.80. The molecule has 0 bridgehead atoms. The van der Waals surface area contributed by atoms with Crippen LogP contribution in [0.2, 0.25) is 0 Å². The molecular formula is C17H15F3N2O3S. The van der Waals surface area contributed by atoms with E-state index in [9.17, 15) is 13.2 Å². The summed E-state index contributed by atoms with van der Waals surface area (Å²) in [4.78, 5) is 0. The second-order valence-electron chi connectivity index (χ2n) is 5.42. The zero-order valence-electron chi connectivity index (χ0n) is 13.4. The molecule has 0 saturated heterocycles. The Labute approximate surface area is 153 Å². The van der Waals surface area contributed by atoms with Gasteiger partial charge in [-0.15, -0.1) is 13.2 Å². The van der Waals surface area contributed by atoms with Crippen molar-refractivity contribution in [2.45, 2.75) is 19.5 Å². The second kappa shape index (κ2) is 7.69. The minimum Gasteiger partial charge on any atom is -0.454 e. The average molecular weight is 384 g/mol. The van der Waals surface area contributed by atoms with Crippen LogP contribution in [-0.2, 0) is 13.1 Å². The molecule has 2 N–H and O–H groups in total. The van der Waals surface area contributed by atoms with E-state index in [1.807, 2.05) is 18.2 Å². The number of ether oxygens (including phenoxy) is 3. The van der Waals surface area contributed by atoms with Crippen LogP contribution >= 0.6 is 12.2 Å². The summed E-state index contributed by atoms with van der Waals surface area (Å²) in [7, 11) is 0. The molecule has 1 aliphatic rings. The first-order valence-corrected chi connectivity index (χ1v) is 8.05. The molecule has 138 valence electrons. The number of nitrogens with one attached hydrogen (secondary N) is 2. The van der Waals surface area contributed by atoms with Gasteiger partial charge in [-0.2, -0.15) is 0 Å². The molecule has 5 nitrogen and oxygen atoms in total. The van der Waals surface area contributed by atoms with Crippen molar-refractivity contribution in [3.05, 3.63) is 53.6 Å². The van der Waals surface area contributed by atoms with E-state index in [0.717, 1.165) is 5.56 Å². The maximum absolute atomic E-state index is 12.2. The maximum Gasteiger partial charge on any atom is 0.573 e. The zero-order chi connectivity index (χ0) is 18.6. The third-order valence-corrected chi connectivity index (χ3v) is 3.76. The molecule has 1 aliphatic heterocycles. The molecule has 0 aromatic heterocycles. The van der Waals surface area contributed by atoms with Crippen LogP contribution in [-0.4, -0.2) is 18.3 Å². The second-order valence-corrected chi connectivity index (χ2v) is 5.83. The van der Waals surface area contributed by atoms with Crippen LogP contribution in [0.4, 0.5) is 13.2 Å². The van der Waals surface area contributed by atoms with E-state index < -0.39 is 6.36 Å². The van der Waals surface area contributed by atoms with Crippen LogP contribution < -0.4 is 24.8 Å². The molecule has 0 amide bonds. The number of hydrogen-bond acceptors (Lipinski definition) is 4. The highest BCUT2D eigenvalue weighted by Gasteiger charge is 2.31. The SMILES string of the molecule is FC(F)(F)Oc1cccc(CNC(=S)NCc2ccc3c(c2)OCO3)c1. The van der Waals surface area contributed by atoms with E-state index in [1.54, 1.807) is 6.07 Å². The molecule has 0 unspecified atom stereocenters. The van der Waals surface area contributed by atoms with Crippen LogP contribution in [0.25, 0.3) is 0 Å². The molecule has 1 heterocycles. The van der Waals surface area contributed by atoms with Crippen LogP contribution in [0.1, 0.15) is 11.1 Å². The molecule has 2 aromatic rings. The van der Waals surface area contributed by atoms with Gasteiger partial charge < -0.3 is 24.8 Å². The van der Waals surface area contributed by atoms with E-state index >= 15 is 0 Å². The Bertz CT molecular complexity index is 799. The number of halogens is 3. The molecule has 9 heteroatoms. The Balaban J connectivity index is 1.47. The fourth-order valence-corrected chi connectivity index (χ4v) is 2.47. The van der Waals surface area contributed by atoms with Gasteiger partial charge >= 0.3 is 6.36 Å². The first-order chi connectivity index (χ1) is 12.4. The summed E-state index contributed by atoms with van der Waals surface area (Å²) in [6, 6.07) is 11.3. The highest BCUT2D eigenvalue weighted by Crippen LogP contribution is 2.32. The standard InChI is InChI=1S/C17H15F3N2O3S/c18-17(19,20)25-13-3-1-2-11(6-13)8-21-16(26)22-9-12-4-5-14-15(7-12)24-10-23-14/h1-7H,8-10H2,(H2,21,22,26). The monoisotopic (exact) mass is 384 g/mol. The van der Waals surface area contributed by atoms with Gasteiger partial charge in [-0.3, -0.25) is 0 Å². The molecule has 0 aliphatic carbocycles. The van der Waals surface area contributed by atoms with Crippen molar-refractivity contribution in [1.29, 1.82) is 0 Å². The predicted molar refractivity (Wildman–Crippen MR) is 92.0 cm³/mol. The van der Waals surface area contributed by atoms with Crippen LogP contribution in [0.3, 0.4) is 0 Å². The van der Waals surface area contributed by atoms with Crippen molar-refractivity contribution in [1.82, 2.24) is 10.6 Å². The molecule has 0 spiro atoms. The molecule has 2 aromatic carbocycles. The van der Waals surface area contributed by atoms with E-state index in [1.165, 1.54) is 18.2 Å². The summed E-state index contributed by atoms with van der Waals surface area (Å²) in [5.74, 6) is 1.12. The van der Waals surface area contributed by atoms with Crippen LogP contribution in [0, 0.1) is 0 Å². The molecule has 0 radical (unpaired) electrons. The lowest BCUT2D eigenvalue weighted by atomic mass is 10.2. The summed E-state index contributed by atoms with van der Waals surface area (Å²) >= 11 is 5.18. The zero-order valence-corrected chi connectivity index (χ0v) is 14.2. The quantitative estimate of drug-likeness (QED) is 0.770. The van der Waals surface area contributed by atoms with Crippen molar-refractivity contribution in [3.63, 3.8) is 0 Å². The van der Waals surface area contributed by atoms with Crippen LogP contribution in [0.15, 0.2) is 42.5 Å². The third kappa shape index (κ3) is 5.16. The van der Waals surface area contributed by atoms with Gasteiger partial charge in [-0.05, 0) is 47.6 Å². The number of benzene rings is 2. The topological polar surface area (TPSA) is 51.8 Å². The number of alkyl halides is 3.